The largest absolute Gasteiger partial charge is 0.462 e. The Balaban J connectivity index is 1.70. The molecule has 6 N–H and O–H groups in total. The van der Waals surface area contributed by atoms with Crippen LogP contribution in [0.4, 0.5) is 17.2 Å². The number of carbonyl (C=O) groups is 1. The first-order valence-electron chi connectivity index (χ1n) is 12.7. The Morgan fingerprint density at radius 2 is 1.46 bits per heavy atom. The molecule has 1 aliphatic rings. The molecule has 0 amide bonds. The maximum absolute atomic E-state index is 13.2. The van der Waals surface area contributed by atoms with E-state index in [1.165, 1.54) is 0 Å². The van der Waals surface area contributed by atoms with Crippen molar-refractivity contribution in [1.82, 2.24) is 10.3 Å². The Kier molecular flexibility index (Phi) is 6.96. The van der Waals surface area contributed by atoms with E-state index in [-0.39, 0.29) is 23.6 Å². The van der Waals surface area contributed by atoms with Gasteiger partial charge < -0.3 is 31.5 Å². The van der Waals surface area contributed by atoms with E-state index in [1.807, 2.05) is 80.6 Å². The lowest BCUT2D eigenvalue weighted by atomic mass is 9.85. The van der Waals surface area contributed by atoms with Gasteiger partial charge in [-0.05, 0) is 63.3 Å². The molecule has 8 heteroatoms. The number of fused-ring (bicyclic) bond motifs is 1. The molecule has 0 unspecified atom stereocenters. The molecule has 1 aromatic heterocycles. The molecule has 4 aromatic rings. The minimum atomic E-state index is -1.77. The topological polar surface area (TPSA) is 122 Å². The molecule has 0 spiro atoms. The maximum Gasteiger partial charge on any atom is 0.342 e. The maximum atomic E-state index is 13.2. The first kappa shape index (κ1) is 25.8. The summed E-state index contributed by atoms with van der Waals surface area (Å²) in [5, 5.41) is 23.0. The number of para-hydroxylation sites is 1. The van der Waals surface area contributed by atoms with Gasteiger partial charge in [0.25, 0.3) is 0 Å². The van der Waals surface area contributed by atoms with Crippen LogP contribution in [0.1, 0.15) is 34.0 Å². The summed E-state index contributed by atoms with van der Waals surface area (Å²) in [5.74, 6) is 0.343. The molecule has 0 atom stereocenters. The van der Waals surface area contributed by atoms with Gasteiger partial charge in [-0.2, -0.15) is 0 Å². The fraction of sp³-hybridized carbons (Fsp3) is 0.161. The Labute approximate surface area is 227 Å². The van der Waals surface area contributed by atoms with Crippen molar-refractivity contribution in [2.75, 3.05) is 23.0 Å². The molecule has 3 aromatic carbocycles. The lowest BCUT2D eigenvalue weighted by Gasteiger charge is -2.33. The van der Waals surface area contributed by atoms with Gasteiger partial charge >= 0.3 is 5.97 Å². The lowest BCUT2D eigenvalue weighted by molar-refractivity contribution is 0.0516. The number of nitrogens with zero attached hydrogens (tertiary/aromatic N) is 1. The van der Waals surface area contributed by atoms with Gasteiger partial charge in [0.2, 0.25) is 0 Å². The number of aromatic nitrogens is 1. The first-order chi connectivity index (χ1) is 18.8. The summed E-state index contributed by atoms with van der Waals surface area (Å²) in [4.78, 5) is 17.6. The SMILES string of the molecule is CCOC(=O)c1c(N)nc2ccccc2c1C1(O)C=C(Nc2ccc(C)cc2)NC(Nc2ccc(C)cc2)=C1. The summed E-state index contributed by atoms with van der Waals surface area (Å²) < 4.78 is 5.34. The molecule has 0 bridgehead atoms. The molecule has 0 aliphatic carbocycles. The summed E-state index contributed by atoms with van der Waals surface area (Å²) in [6.45, 7) is 5.90. The van der Waals surface area contributed by atoms with Crippen LogP contribution in [0.3, 0.4) is 0 Å². The van der Waals surface area contributed by atoms with E-state index >= 15 is 0 Å². The number of dihydropyridines is 1. The van der Waals surface area contributed by atoms with E-state index in [0.717, 1.165) is 22.5 Å². The smallest absolute Gasteiger partial charge is 0.342 e. The molecule has 2 heterocycles. The highest BCUT2D eigenvalue weighted by molar-refractivity contribution is 6.02. The molecule has 198 valence electrons. The van der Waals surface area contributed by atoms with Crippen molar-refractivity contribution in [3.05, 3.63) is 119 Å². The third kappa shape index (κ3) is 5.42. The third-order valence-corrected chi connectivity index (χ3v) is 6.46. The van der Waals surface area contributed by atoms with Gasteiger partial charge in [-0.1, -0.05) is 53.6 Å². The highest BCUT2D eigenvalue weighted by atomic mass is 16.5. The van der Waals surface area contributed by atoms with Crippen molar-refractivity contribution in [3.8, 4) is 0 Å². The van der Waals surface area contributed by atoms with Gasteiger partial charge in [0, 0.05) is 22.3 Å². The van der Waals surface area contributed by atoms with E-state index in [1.54, 1.807) is 25.1 Å². The number of esters is 1. The van der Waals surface area contributed by atoms with Crippen LogP contribution in [-0.2, 0) is 10.3 Å². The first-order valence-corrected chi connectivity index (χ1v) is 12.7. The second-order valence-electron chi connectivity index (χ2n) is 9.53. The summed E-state index contributed by atoms with van der Waals surface area (Å²) in [6, 6.07) is 23.0. The van der Waals surface area contributed by atoms with Crippen LogP contribution in [0.15, 0.2) is 96.6 Å². The van der Waals surface area contributed by atoms with Crippen LogP contribution in [0.25, 0.3) is 10.9 Å². The van der Waals surface area contributed by atoms with Crippen molar-refractivity contribution < 1.29 is 14.6 Å². The third-order valence-electron chi connectivity index (χ3n) is 6.46. The number of hydrogen-bond donors (Lipinski definition) is 5. The normalized spacial score (nSPS) is 14.2. The Morgan fingerprint density at radius 3 is 2.00 bits per heavy atom. The molecule has 8 nitrogen and oxygen atoms in total. The number of nitrogens with one attached hydrogen (secondary N) is 3. The van der Waals surface area contributed by atoms with E-state index in [2.05, 4.69) is 20.9 Å². The summed E-state index contributed by atoms with van der Waals surface area (Å²) in [5.41, 5.74) is 9.30. The van der Waals surface area contributed by atoms with Gasteiger partial charge in [-0.3, -0.25) is 0 Å². The Morgan fingerprint density at radius 1 is 0.923 bits per heavy atom. The van der Waals surface area contributed by atoms with Crippen molar-refractivity contribution in [2.45, 2.75) is 26.4 Å². The van der Waals surface area contributed by atoms with Crippen molar-refractivity contribution in [3.63, 3.8) is 0 Å². The standard InChI is InChI=1S/C31H31N5O3/c1-4-39-30(37)27-28(23-7-5-6-8-24(23)35-29(27)32)31(38)17-25(33-21-13-9-19(2)10-14-21)36-26(18-31)34-22-15-11-20(3)12-16-22/h5-18,33-34,36,38H,4H2,1-3H3,(H2,32,35). The molecule has 1 aliphatic heterocycles. The minimum Gasteiger partial charge on any atom is -0.462 e. The van der Waals surface area contributed by atoms with Gasteiger partial charge in [-0.25, -0.2) is 9.78 Å². The minimum absolute atomic E-state index is 0.0167. The van der Waals surface area contributed by atoms with E-state index in [0.29, 0.717) is 22.5 Å². The van der Waals surface area contributed by atoms with Crippen LogP contribution < -0.4 is 21.7 Å². The van der Waals surface area contributed by atoms with Crippen LogP contribution in [0.2, 0.25) is 0 Å². The summed E-state index contributed by atoms with van der Waals surface area (Å²) in [6.07, 6.45) is 3.24. The molecule has 0 saturated heterocycles. The van der Waals surface area contributed by atoms with Gasteiger partial charge in [0.15, 0.2) is 0 Å². The van der Waals surface area contributed by atoms with E-state index in [4.69, 9.17) is 10.5 Å². The number of carbonyl (C=O) groups excluding carboxylic acids is 1. The highest BCUT2D eigenvalue weighted by Crippen LogP contribution is 2.39. The number of pyridine rings is 1. The van der Waals surface area contributed by atoms with Crippen LogP contribution in [-0.4, -0.2) is 22.7 Å². The summed E-state index contributed by atoms with van der Waals surface area (Å²) in [7, 11) is 0. The zero-order chi connectivity index (χ0) is 27.6. The number of aliphatic hydroxyl groups is 1. The zero-order valence-electron chi connectivity index (χ0n) is 22.1. The fourth-order valence-corrected chi connectivity index (χ4v) is 4.62. The predicted octanol–water partition coefficient (Wildman–Crippen LogP) is 5.31. The second-order valence-corrected chi connectivity index (χ2v) is 9.53. The number of benzene rings is 3. The van der Waals surface area contributed by atoms with Gasteiger partial charge in [0.05, 0.1) is 12.1 Å². The summed E-state index contributed by atoms with van der Waals surface area (Å²) >= 11 is 0. The lowest BCUT2D eigenvalue weighted by Crippen LogP contribution is -2.37. The molecule has 0 fully saturated rings. The van der Waals surface area contributed by atoms with E-state index in [9.17, 15) is 9.90 Å². The van der Waals surface area contributed by atoms with Crippen molar-refractivity contribution in [2.24, 2.45) is 0 Å². The number of rotatable bonds is 7. The second kappa shape index (κ2) is 10.5. The van der Waals surface area contributed by atoms with Gasteiger partial charge in [-0.15, -0.1) is 0 Å². The number of aryl methyl sites for hydroxylation is 2. The van der Waals surface area contributed by atoms with Crippen molar-refractivity contribution >= 4 is 34.1 Å². The average Bonchev–Trinajstić information content (AvgIpc) is 2.90. The van der Waals surface area contributed by atoms with Crippen LogP contribution in [0.5, 0.6) is 0 Å². The molecular formula is C31H31N5O3. The number of anilines is 3. The monoisotopic (exact) mass is 521 g/mol. The van der Waals surface area contributed by atoms with E-state index < -0.39 is 11.6 Å². The molecule has 39 heavy (non-hydrogen) atoms. The van der Waals surface area contributed by atoms with Crippen LogP contribution >= 0.6 is 0 Å². The highest BCUT2D eigenvalue weighted by Gasteiger charge is 2.37. The molecule has 0 radical (unpaired) electrons. The molecule has 0 saturated carbocycles. The zero-order valence-corrected chi connectivity index (χ0v) is 22.1. The van der Waals surface area contributed by atoms with Gasteiger partial charge in [0.1, 0.15) is 28.6 Å². The number of hydrogen-bond acceptors (Lipinski definition) is 8. The quantitative estimate of drug-likeness (QED) is 0.208. The molecular weight excluding hydrogens is 490 g/mol. The average molecular weight is 522 g/mol. The predicted molar refractivity (Wildman–Crippen MR) is 155 cm³/mol. The Bertz CT molecular complexity index is 1530. The number of nitrogen functional groups attached to an aromatic ring is 1. The molecule has 5 rings (SSSR count). The number of ether oxygens (including phenoxy) is 1. The van der Waals surface area contributed by atoms with Crippen molar-refractivity contribution in [1.29, 1.82) is 0 Å². The number of nitrogens with two attached hydrogens (primary N) is 1. The Hall–Kier alpha value is -4.82. The fourth-order valence-electron chi connectivity index (χ4n) is 4.62. The van der Waals surface area contributed by atoms with Crippen LogP contribution in [0, 0.1) is 13.8 Å².